The van der Waals surface area contributed by atoms with Gasteiger partial charge in [-0.3, -0.25) is 9.59 Å². The van der Waals surface area contributed by atoms with E-state index in [0.717, 1.165) is 11.3 Å². The number of nitrogens with one attached hydrogen (secondary N) is 1. The van der Waals surface area contributed by atoms with Gasteiger partial charge in [-0.2, -0.15) is 0 Å². The molecule has 7 nitrogen and oxygen atoms in total. The number of amides is 2. The molecule has 28 heavy (non-hydrogen) atoms. The number of benzene rings is 2. The summed E-state index contributed by atoms with van der Waals surface area (Å²) in [6.45, 7) is 2.33. The number of ether oxygens (including phenoxy) is 3. The predicted molar refractivity (Wildman–Crippen MR) is 106 cm³/mol. The first kappa shape index (κ1) is 19.5. The Morgan fingerprint density at radius 1 is 1.04 bits per heavy atom. The molecule has 0 saturated carbocycles. The van der Waals surface area contributed by atoms with Crippen molar-refractivity contribution in [2.24, 2.45) is 5.92 Å². The average Bonchev–Trinajstić information content (AvgIpc) is 3.09. The van der Waals surface area contributed by atoms with Gasteiger partial charge < -0.3 is 24.4 Å². The molecule has 1 saturated heterocycles. The van der Waals surface area contributed by atoms with E-state index >= 15 is 0 Å². The lowest BCUT2D eigenvalue weighted by molar-refractivity contribution is -0.122. The Bertz CT molecular complexity index is 854. The summed E-state index contributed by atoms with van der Waals surface area (Å²) in [5.41, 5.74) is 2.44. The molecule has 0 radical (unpaired) electrons. The van der Waals surface area contributed by atoms with Gasteiger partial charge in [-0.1, -0.05) is 17.7 Å². The van der Waals surface area contributed by atoms with Crippen LogP contribution in [0.5, 0.6) is 17.2 Å². The van der Waals surface area contributed by atoms with E-state index in [4.69, 9.17) is 14.2 Å². The van der Waals surface area contributed by atoms with Crippen LogP contribution in [0.4, 0.5) is 11.4 Å². The first-order valence-electron chi connectivity index (χ1n) is 8.94. The van der Waals surface area contributed by atoms with Crippen LogP contribution in [0.2, 0.25) is 0 Å². The fourth-order valence-corrected chi connectivity index (χ4v) is 3.26. The van der Waals surface area contributed by atoms with E-state index < -0.39 is 5.92 Å². The highest BCUT2D eigenvalue weighted by Gasteiger charge is 2.35. The standard InChI is InChI=1S/C21H24N2O5/c1-13-5-7-16(8-6-13)23-12-14(9-19(23)24)21(25)22-15-10-17(26-2)20(28-4)18(11-15)27-3/h5-8,10-11,14H,9,12H2,1-4H3,(H,22,25)/t14-/m0/s1. The largest absolute Gasteiger partial charge is 0.493 e. The van der Waals surface area contributed by atoms with E-state index in [9.17, 15) is 9.59 Å². The first-order valence-corrected chi connectivity index (χ1v) is 8.94. The van der Waals surface area contributed by atoms with Crippen molar-refractivity contribution in [2.45, 2.75) is 13.3 Å². The van der Waals surface area contributed by atoms with Crippen LogP contribution in [0.15, 0.2) is 36.4 Å². The third-order valence-electron chi connectivity index (χ3n) is 4.77. The Hall–Kier alpha value is -3.22. The van der Waals surface area contributed by atoms with Gasteiger partial charge in [0.1, 0.15) is 0 Å². The van der Waals surface area contributed by atoms with Crippen molar-refractivity contribution in [3.63, 3.8) is 0 Å². The van der Waals surface area contributed by atoms with Crippen LogP contribution in [-0.4, -0.2) is 39.7 Å². The minimum Gasteiger partial charge on any atom is -0.493 e. The highest BCUT2D eigenvalue weighted by molar-refractivity contribution is 6.03. The molecule has 7 heteroatoms. The van der Waals surface area contributed by atoms with Crippen LogP contribution in [0.1, 0.15) is 12.0 Å². The topological polar surface area (TPSA) is 77.1 Å². The van der Waals surface area contributed by atoms with Crippen LogP contribution in [0.25, 0.3) is 0 Å². The molecular formula is C21H24N2O5. The van der Waals surface area contributed by atoms with Gasteiger partial charge in [-0.15, -0.1) is 0 Å². The normalized spacial score (nSPS) is 16.1. The van der Waals surface area contributed by atoms with Crippen LogP contribution in [0.3, 0.4) is 0 Å². The van der Waals surface area contributed by atoms with Crippen molar-refractivity contribution in [2.75, 3.05) is 38.1 Å². The van der Waals surface area contributed by atoms with Crippen molar-refractivity contribution in [1.29, 1.82) is 0 Å². The van der Waals surface area contributed by atoms with Gasteiger partial charge in [0.15, 0.2) is 11.5 Å². The lowest BCUT2D eigenvalue weighted by Crippen LogP contribution is -2.28. The molecule has 0 bridgehead atoms. The molecule has 0 aliphatic carbocycles. The number of methoxy groups -OCH3 is 3. The van der Waals surface area contributed by atoms with Gasteiger partial charge in [0.2, 0.25) is 17.6 Å². The van der Waals surface area contributed by atoms with Crippen LogP contribution in [-0.2, 0) is 9.59 Å². The van der Waals surface area contributed by atoms with E-state index in [2.05, 4.69) is 5.32 Å². The molecule has 1 fully saturated rings. The molecule has 148 valence electrons. The molecule has 2 aromatic rings. The molecule has 2 aromatic carbocycles. The second kappa shape index (κ2) is 8.21. The van der Waals surface area contributed by atoms with Crippen molar-refractivity contribution < 1.29 is 23.8 Å². The van der Waals surface area contributed by atoms with Gasteiger partial charge in [0.05, 0.1) is 27.2 Å². The van der Waals surface area contributed by atoms with Crippen molar-refractivity contribution in [1.82, 2.24) is 0 Å². The maximum Gasteiger partial charge on any atom is 0.229 e. The molecule has 1 atom stereocenters. The zero-order valence-electron chi connectivity index (χ0n) is 16.4. The molecule has 2 amide bonds. The molecule has 0 spiro atoms. The van der Waals surface area contributed by atoms with Crippen molar-refractivity contribution in [3.8, 4) is 17.2 Å². The maximum absolute atomic E-state index is 12.7. The van der Waals surface area contributed by atoms with Crippen molar-refractivity contribution >= 4 is 23.2 Å². The number of aryl methyl sites for hydroxylation is 1. The van der Waals surface area contributed by atoms with E-state index in [1.54, 1.807) is 17.0 Å². The number of hydrogen-bond acceptors (Lipinski definition) is 5. The summed E-state index contributed by atoms with van der Waals surface area (Å²) in [6.07, 6.45) is 0.171. The first-order chi connectivity index (χ1) is 13.5. The molecule has 1 aliphatic heterocycles. The highest BCUT2D eigenvalue weighted by atomic mass is 16.5. The quantitative estimate of drug-likeness (QED) is 0.828. The lowest BCUT2D eigenvalue weighted by atomic mass is 10.1. The lowest BCUT2D eigenvalue weighted by Gasteiger charge is -2.18. The summed E-state index contributed by atoms with van der Waals surface area (Å²) in [7, 11) is 4.54. The summed E-state index contributed by atoms with van der Waals surface area (Å²) in [5.74, 6) is 0.616. The number of carbonyl (C=O) groups is 2. The molecular weight excluding hydrogens is 360 g/mol. The molecule has 1 N–H and O–H groups in total. The third kappa shape index (κ3) is 3.88. The fourth-order valence-electron chi connectivity index (χ4n) is 3.26. The third-order valence-corrected chi connectivity index (χ3v) is 4.77. The molecule has 0 aromatic heterocycles. The summed E-state index contributed by atoms with van der Waals surface area (Å²) in [6, 6.07) is 11.0. The van der Waals surface area contributed by atoms with Gasteiger partial charge >= 0.3 is 0 Å². The van der Waals surface area contributed by atoms with E-state index in [1.807, 2.05) is 31.2 Å². The second-order valence-electron chi connectivity index (χ2n) is 6.64. The minimum absolute atomic E-state index is 0.0612. The van der Waals surface area contributed by atoms with E-state index in [-0.39, 0.29) is 18.2 Å². The average molecular weight is 384 g/mol. The molecule has 1 heterocycles. The summed E-state index contributed by atoms with van der Waals surface area (Å²) in [5, 5.41) is 2.85. The van der Waals surface area contributed by atoms with Crippen LogP contribution < -0.4 is 24.4 Å². The Morgan fingerprint density at radius 2 is 1.64 bits per heavy atom. The number of anilines is 2. The summed E-state index contributed by atoms with van der Waals surface area (Å²) in [4.78, 5) is 26.8. The van der Waals surface area contributed by atoms with Crippen LogP contribution >= 0.6 is 0 Å². The summed E-state index contributed by atoms with van der Waals surface area (Å²) < 4.78 is 15.9. The number of hydrogen-bond donors (Lipinski definition) is 1. The number of nitrogens with zero attached hydrogens (tertiary/aromatic N) is 1. The van der Waals surface area contributed by atoms with E-state index in [0.29, 0.717) is 29.5 Å². The van der Waals surface area contributed by atoms with Gasteiger partial charge in [-0.05, 0) is 19.1 Å². The number of rotatable bonds is 6. The molecule has 3 rings (SSSR count). The Balaban J connectivity index is 1.75. The SMILES string of the molecule is COc1cc(NC(=O)[C@H]2CC(=O)N(c3ccc(C)cc3)C2)cc(OC)c1OC. The van der Waals surface area contributed by atoms with Gasteiger partial charge in [-0.25, -0.2) is 0 Å². The smallest absolute Gasteiger partial charge is 0.229 e. The summed E-state index contributed by atoms with van der Waals surface area (Å²) >= 11 is 0. The Kier molecular flexibility index (Phi) is 5.73. The second-order valence-corrected chi connectivity index (χ2v) is 6.64. The van der Waals surface area contributed by atoms with Gasteiger partial charge in [0, 0.05) is 36.5 Å². The predicted octanol–water partition coefficient (Wildman–Crippen LogP) is 3.01. The molecule has 0 unspecified atom stereocenters. The number of carbonyl (C=O) groups excluding carboxylic acids is 2. The monoisotopic (exact) mass is 384 g/mol. The zero-order chi connectivity index (χ0) is 20.3. The van der Waals surface area contributed by atoms with Crippen LogP contribution in [0, 0.1) is 12.8 Å². The van der Waals surface area contributed by atoms with Crippen molar-refractivity contribution in [3.05, 3.63) is 42.0 Å². The Labute approximate surface area is 164 Å². The van der Waals surface area contributed by atoms with E-state index in [1.165, 1.54) is 21.3 Å². The Morgan fingerprint density at radius 3 is 2.18 bits per heavy atom. The van der Waals surface area contributed by atoms with Gasteiger partial charge in [0.25, 0.3) is 0 Å². The maximum atomic E-state index is 12.7. The highest BCUT2D eigenvalue weighted by Crippen LogP contribution is 2.40. The zero-order valence-corrected chi connectivity index (χ0v) is 16.4. The molecule has 1 aliphatic rings. The fraction of sp³-hybridized carbons (Fsp3) is 0.333. The minimum atomic E-state index is -0.437.